The van der Waals surface area contributed by atoms with Gasteiger partial charge in [-0.2, -0.15) is 4.98 Å². The number of unbranched alkanes of at least 4 members (excludes halogenated alkanes) is 1. The standard InChI is InChI=1S/C14H23N5O3/c1-4-15-13-16-10-11(17-13)18(3)14(22)19(12(10)21)8-6-5-7-9(2)20/h9,20H,4-8H2,1-3H3,(H2,15,16,17)/t9-/m1/s1. The molecule has 0 saturated carbocycles. The molecule has 2 aromatic rings. The summed E-state index contributed by atoms with van der Waals surface area (Å²) >= 11 is 0. The molecule has 8 nitrogen and oxygen atoms in total. The number of fused-ring (bicyclic) bond motifs is 1. The SMILES string of the molecule is CCNc1nc2c([nH]1)c(=O)n(CCCC[C@@H](C)O)c(=O)n2C. The fourth-order valence-corrected chi connectivity index (χ4v) is 2.41. The summed E-state index contributed by atoms with van der Waals surface area (Å²) in [7, 11) is 1.60. The zero-order valence-electron chi connectivity index (χ0n) is 13.2. The van der Waals surface area contributed by atoms with Gasteiger partial charge in [-0.1, -0.05) is 0 Å². The Balaban J connectivity index is 2.34. The number of anilines is 1. The van der Waals surface area contributed by atoms with Gasteiger partial charge in [0.2, 0.25) is 5.95 Å². The first-order chi connectivity index (χ1) is 10.5. The van der Waals surface area contributed by atoms with Crippen molar-refractivity contribution in [3.05, 3.63) is 20.8 Å². The third-order valence-electron chi connectivity index (χ3n) is 3.58. The Bertz CT molecular complexity index is 756. The first-order valence-electron chi connectivity index (χ1n) is 7.57. The molecule has 0 aliphatic carbocycles. The van der Waals surface area contributed by atoms with Crippen LogP contribution in [0, 0.1) is 0 Å². The monoisotopic (exact) mass is 309 g/mol. The molecule has 2 heterocycles. The van der Waals surface area contributed by atoms with Crippen LogP contribution in [0.25, 0.3) is 11.2 Å². The minimum atomic E-state index is -0.371. The van der Waals surface area contributed by atoms with Crippen molar-refractivity contribution in [1.82, 2.24) is 19.1 Å². The van der Waals surface area contributed by atoms with E-state index >= 15 is 0 Å². The molecule has 2 aromatic heterocycles. The Morgan fingerprint density at radius 2 is 2.09 bits per heavy atom. The van der Waals surface area contributed by atoms with E-state index in [2.05, 4.69) is 15.3 Å². The van der Waals surface area contributed by atoms with Crippen LogP contribution in [0.2, 0.25) is 0 Å². The van der Waals surface area contributed by atoms with Crippen molar-refractivity contribution in [1.29, 1.82) is 0 Å². The molecule has 0 bridgehead atoms. The van der Waals surface area contributed by atoms with Gasteiger partial charge in [-0.15, -0.1) is 0 Å². The molecule has 3 N–H and O–H groups in total. The molecule has 8 heteroatoms. The number of H-pyrrole nitrogens is 1. The molecule has 2 rings (SSSR count). The van der Waals surface area contributed by atoms with Crippen LogP contribution in [0.3, 0.4) is 0 Å². The van der Waals surface area contributed by atoms with E-state index in [1.165, 1.54) is 9.13 Å². The number of hydrogen-bond acceptors (Lipinski definition) is 5. The van der Waals surface area contributed by atoms with Gasteiger partial charge in [0.1, 0.15) is 0 Å². The van der Waals surface area contributed by atoms with Crippen LogP contribution in [0.1, 0.15) is 33.1 Å². The summed E-state index contributed by atoms with van der Waals surface area (Å²) in [5, 5.41) is 12.2. The Labute approximate surface area is 127 Å². The van der Waals surface area contributed by atoms with Gasteiger partial charge in [0.15, 0.2) is 11.2 Å². The number of hydrogen-bond donors (Lipinski definition) is 3. The summed E-state index contributed by atoms with van der Waals surface area (Å²) in [6.45, 7) is 4.65. The molecule has 0 radical (unpaired) electrons. The van der Waals surface area contributed by atoms with Crippen LogP contribution >= 0.6 is 0 Å². The zero-order chi connectivity index (χ0) is 16.3. The Hall–Kier alpha value is -2.09. The number of aromatic amines is 1. The first kappa shape index (κ1) is 16.3. The number of nitrogens with one attached hydrogen (secondary N) is 2. The van der Waals surface area contributed by atoms with Crippen LogP contribution in [0.5, 0.6) is 0 Å². The van der Waals surface area contributed by atoms with Gasteiger partial charge < -0.3 is 15.4 Å². The van der Waals surface area contributed by atoms with Crippen LogP contribution in [-0.4, -0.2) is 36.9 Å². The molecule has 22 heavy (non-hydrogen) atoms. The van der Waals surface area contributed by atoms with E-state index in [0.29, 0.717) is 43.0 Å². The average molecular weight is 309 g/mol. The van der Waals surface area contributed by atoms with Gasteiger partial charge in [0, 0.05) is 20.1 Å². The van der Waals surface area contributed by atoms with Crippen molar-refractivity contribution in [2.45, 2.75) is 45.8 Å². The molecule has 0 saturated heterocycles. The number of aryl methyl sites for hydroxylation is 1. The Morgan fingerprint density at radius 1 is 1.36 bits per heavy atom. The Morgan fingerprint density at radius 3 is 2.73 bits per heavy atom. The van der Waals surface area contributed by atoms with E-state index in [0.717, 1.165) is 6.42 Å². The van der Waals surface area contributed by atoms with Crippen molar-refractivity contribution in [2.75, 3.05) is 11.9 Å². The average Bonchev–Trinajstić information content (AvgIpc) is 2.88. The van der Waals surface area contributed by atoms with Crippen molar-refractivity contribution >= 4 is 17.1 Å². The third-order valence-corrected chi connectivity index (χ3v) is 3.58. The van der Waals surface area contributed by atoms with Gasteiger partial charge in [0.25, 0.3) is 5.56 Å². The smallest absolute Gasteiger partial charge is 0.332 e. The maximum absolute atomic E-state index is 12.4. The highest BCUT2D eigenvalue weighted by atomic mass is 16.3. The van der Waals surface area contributed by atoms with Gasteiger partial charge >= 0.3 is 5.69 Å². The number of nitrogens with zero attached hydrogens (tertiary/aromatic N) is 3. The van der Waals surface area contributed by atoms with E-state index < -0.39 is 0 Å². The fraction of sp³-hybridized carbons (Fsp3) is 0.643. The summed E-state index contributed by atoms with van der Waals surface area (Å²) in [5.41, 5.74) is -0.0457. The van der Waals surface area contributed by atoms with E-state index in [1.807, 2.05) is 6.92 Å². The molecule has 0 amide bonds. The summed E-state index contributed by atoms with van der Waals surface area (Å²) in [6, 6.07) is 0. The minimum Gasteiger partial charge on any atom is -0.393 e. The molecule has 1 atom stereocenters. The Kier molecular flexibility index (Phi) is 5.02. The molecular weight excluding hydrogens is 286 g/mol. The highest BCUT2D eigenvalue weighted by Gasteiger charge is 2.14. The molecule has 0 aliphatic heterocycles. The van der Waals surface area contributed by atoms with Gasteiger partial charge in [-0.25, -0.2) is 4.79 Å². The summed E-state index contributed by atoms with van der Waals surface area (Å²) in [6.07, 6.45) is 1.72. The molecule has 0 spiro atoms. The van der Waals surface area contributed by atoms with Gasteiger partial charge in [-0.05, 0) is 33.1 Å². The highest BCUT2D eigenvalue weighted by Crippen LogP contribution is 2.08. The van der Waals surface area contributed by atoms with Crippen LogP contribution in [0.4, 0.5) is 5.95 Å². The molecular formula is C14H23N5O3. The molecule has 0 unspecified atom stereocenters. The molecule has 0 aliphatic rings. The van der Waals surface area contributed by atoms with E-state index in [-0.39, 0.29) is 17.4 Å². The number of aliphatic hydroxyl groups is 1. The third kappa shape index (κ3) is 3.22. The van der Waals surface area contributed by atoms with Crippen LogP contribution in [-0.2, 0) is 13.6 Å². The van der Waals surface area contributed by atoms with Crippen LogP contribution in [0.15, 0.2) is 9.59 Å². The maximum Gasteiger partial charge on any atom is 0.332 e. The fourth-order valence-electron chi connectivity index (χ4n) is 2.41. The van der Waals surface area contributed by atoms with Gasteiger partial charge in [-0.3, -0.25) is 13.9 Å². The van der Waals surface area contributed by atoms with Gasteiger partial charge in [0.05, 0.1) is 6.10 Å². The lowest BCUT2D eigenvalue weighted by Gasteiger charge is -2.08. The quantitative estimate of drug-likeness (QED) is 0.642. The van der Waals surface area contributed by atoms with Crippen molar-refractivity contribution in [3.8, 4) is 0 Å². The van der Waals surface area contributed by atoms with Crippen molar-refractivity contribution in [2.24, 2.45) is 7.05 Å². The number of aromatic nitrogens is 4. The summed E-state index contributed by atoms with van der Waals surface area (Å²) < 4.78 is 2.60. The topological polar surface area (TPSA) is 105 Å². The highest BCUT2D eigenvalue weighted by molar-refractivity contribution is 5.72. The second-order valence-corrected chi connectivity index (χ2v) is 5.46. The number of imidazole rings is 1. The predicted octanol–water partition coefficient (Wildman–Crippen LogP) is 0.406. The maximum atomic E-state index is 12.4. The van der Waals surface area contributed by atoms with E-state index in [4.69, 9.17) is 0 Å². The largest absolute Gasteiger partial charge is 0.393 e. The van der Waals surface area contributed by atoms with Crippen molar-refractivity contribution < 1.29 is 5.11 Å². The lowest BCUT2D eigenvalue weighted by molar-refractivity contribution is 0.180. The number of rotatable bonds is 7. The molecule has 0 aromatic carbocycles. The van der Waals surface area contributed by atoms with Crippen LogP contribution < -0.4 is 16.6 Å². The summed E-state index contributed by atoms with van der Waals surface area (Å²) in [5.74, 6) is 0.483. The normalized spacial score (nSPS) is 12.7. The van der Waals surface area contributed by atoms with E-state index in [9.17, 15) is 14.7 Å². The second kappa shape index (κ2) is 6.78. The second-order valence-electron chi connectivity index (χ2n) is 5.46. The first-order valence-corrected chi connectivity index (χ1v) is 7.57. The number of aliphatic hydroxyl groups excluding tert-OH is 1. The zero-order valence-corrected chi connectivity index (χ0v) is 13.2. The summed E-state index contributed by atoms with van der Waals surface area (Å²) in [4.78, 5) is 31.9. The molecule has 0 fully saturated rings. The lowest BCUT2D eigenvalue weighted by Crippen LogP contribution is -2.39. The predicted molar refractivity (Wildman–Crippen MR) is 85.3 cm³/mol. The van der Waals surface area contributed by atoms with E-state index in [1.54, 1.807) is 14.0 Å². The minimum absolute atomic E-state index is 0.327. The molecule has 122 valence electrons. The van der Waals surface area contributed by atoms with Crippen molar-refractivity contribution in [3.63, 3.8) is 0 Å². The lowest BCUT2D eigenvalue weighted by atomic mass is 10.2.